The summed E-state index contributed by atoms with van der Waals surface area (Å²) in [5.41, 5.74) is 0. The Morgan fingerprint density at radius 3 is 2.75 bits per heavy atom. The lowest BCUT2D eigenvalue weighted by molar-refractivity contribution is -0.145. The first kappa shape index (κ1) is 13.5. The molecule has 0 aromatic heterocycles. The molecule has 1 N–H and O–H groups in total. The Labute approximate surface area is 98.3 Å². The first-order valence-electron chi connectivity index (χ1n) is 6.24. The fraction of sp³-hybridized carbons (Fsp3) is 0.917. The normalized spacial score (nSPS) is 26.7. The average Bonchev–Trinajstić information content (AvgIpc) is 2.28. The lowest BCUT2D eigenvalue weighted by atomic mass is 9.92. The number of carbonyl (C=O) groups excluding carboxylic acids is 1. The van der Waals surface area contributed by atoms with Gasteiger partial charge < -0.3 is 10.1 Å². The molecule has 0 aromatic carbocycles. The second kappa shape index (κ2) is 6.86. The third-order valence-electron chi connectivity index (χ3n) is 3.26. The summed E-state index contributed by atoms with van der Waals surface area (Å²) in [7, 11) is 1.99. The van der Waals surface area contributed by atoms with Crippen LogP contribution < -0.4 is 5.32 Å². The molecule has 0 aliphatic carbocycles. The van der Waals surface area contributed by atoms with Crippen LogP contribution >= 0.6 is 0 Å². The van der Waals surface area contributed by atoms with Gasteiger partial charge in [-0.15, -0.1) is 0 Å². The van der Waals surface area contributed by atoms with E-state index in [9.17, 15) is 4.79 Å². The Bertz CT molecular complexity index is 209. The molecule has 1 rings (SSSR count). The Morgan fingerprint density at radius 2 is 2.19 bits per heavy atom. The Hall–Kier alpha value is -0.610. The van der Waals surface area contributed by atoms with Crippen LogP contribution in [0.4, 0.5) is 0 Å². The molecule has 0 aromatic rings. The minimum atomic E-state index is -0.103. The van der Waals surface area contributed by atoms with Crippen molar-refractivity contribution in [3.8, 4) is 0 Å². The van der Waals surface area contributed by atoms with Gasteiger partial charge in [-0.25, -0.2) is 0 Å². The van der Waals surface area contributed by atoms with Crippen molar-refractivity contribution < 1.29 is 9.53 Å². The van der Waals surface area contributed by atoms with Crippen LogP contribution in [0.5, 0.6) is 0 Å². The minimum Gasteiger partial charge on any atom is -0.465 e. The van der Waals surface area contributed by atoms with Crippen LogP contribution in [0.2, 0.25) is 0 Å². The summed E-state index contributed by atoms with van der Waals surface area (Å²) in [6.45, 7) is 6.94. The third-order valence-corrected chi connectivity index (χ3v) is 3.26. The van der Waals surface area contributed by atoms with E-state index in [1.165, 1.54) is 12.8 Å². The van der Waals surface area contributed by atoms with Crippen LogP contribution in [0.1, 0.15) is 26.7 Å². The maximum absolute atomic E-state index is 11.4. The molecule has 94 valence electrons. The van der Waals surface area contributed by atoms with Crippen molar-refractivity contribution in [2.45, 2.75) is 32.7 Å². The number of nitrogens with one attached hydrogen (secondary N) is 1. The molecule has 1 saturated heterocycles. The smallest absolute Gasteiger partial charge is 0.320 e. The fourth-order valence-electron chi connectivity index (χ4n) is 2.33. The summed E-state index contributed by atoms with van der Waals surface area (Å²) in [5, 5.41) is 3.31. The highest BCUT2D eigenvalue weighted by molar-refractivity contribution is 5.71. The number of hydrogen-bond donors (Lipinski definition) is 1. The summed E-state index contributed by atoms with van der Waals surface area (Å²) in [4.78, 5) is 13.6. The molecule has 0 spiro atoms. The molecule has 4 nitrogen and oxygen atoms in total. The zero-order chi connectivity index (χ0) is 12.0. The van der Waals surface area contributed by atoms with Crippen molar-refractivity contribution in [2.24, 2.45) is 5.92 Å². The molecule has 0 amide bonds. The number of likely N-dealkylation sites (N-methyl/N-ethyl adjacent to an activating group) is 1. The van der Waals surface area contributed by atoms with Crippen LogP contribution in [-0.4, -0.2) is 50.2 Å². The summed E-state index contributed by atoms with van der Waals surface area (Å²) < 4.78 is 4.98. The van der Waals surface area contributed by atoms with E-state index < -0.39 is 0 Å². The zero-order valence-electron chi connectivity index (χ0n) is 10.7. The maximum Gasteiger partial charge on any atom is 0.320 e. The highest BCUT2D eigenvalue weighted by Gasteiger charge is 2.26. The van der Waals surface area contributed by atoms with E-state index in [4.69, 9.17) is 4.74 Å². The lowest BCUT2D eigenvalue weighted by Gasteiger charge is -2.36. The number of piperidine rings is 1. The highest BCUT2D eigenvalue weighted by Crippen LogP contribution is 2.19. The quantitative estimate of drug-likeness (QED) is 0.709. The molecule has 16 heavy (non-hydrogen) atoms. The molecular weight excluding hydrogens is 204 g/mol. The van der Waals surface area contributed by atoms with E-state index in [2.05, 4.69) is 17.1 Å². The van der Waals surface area contributed by atoms with E-state index >= 15 is 0 Å². The monoisotopic (exact) mass is 228 g/mol. The van der Waals surface area contributed by atoms with Crippen molar-refractivity contribution in [1.82, 2.24) is 10.2 Å². The molecule has 0 bridgehead atoms. The molecule has 0 saturated carbocycles. The molecule has 1 aliphatic heterocycles. The second-order valence-electron chi connectivity index (χ2n) is 4.49. The van der Waals surface area contributed by atoms with Crippen molar-refractivity contribution >= 4 is 5.97 Å². The average molecular weight is 228 g/mol. The molecule has 2 unspecified atom stereocenters. The van der Waals surface area contributed by atoms with Crippen LogP contribution in [0.15, 0.2) is 0 Å². The van der Waals surface area contributed by atoms with Gasteiger partial charge in [0.1, 0.15) is 0 Å². The second-order valence-corrected chi connectivity index (χ2v) is 4.49. The number of nitrogens with zero attached hydrogens (tertiary/aromatic N) is 1. The standard InChI is InChI=1S/C12H24N2O2/c1-4-10-6-11(13-3)8-14(7-10)9-12(15)16-5-2/h10-11,13H,4-9H2,1-3H3. The van der Waals surface area contributed by atoms with Crippen molar-refractivity contribution in [2.75, 3.05) is 33.3 Å². The minimum absolute atomic E-state index is 0.103. The molecule has 1 heterocycles. The van der Waals surface area contributed by atoms with Gasteiger partial charge in [0.25, 0.3) is 0 Å². The predicted octanol–water partition coefficient (Wildman–Crippen LogP) is 0.869. The van der Waals surface area contributed by atoms with Gasteiger partial charge >= 0.3 is 5.97 Å². The Balaban J connectivity index is 2.42. The van der Waals surface area contributed by atoms with Gasteiger partial charge in [-0.3, -0.25) is 9.69 Å². The summed E-state index contributed by atoms with van der Waals surface area (Å²) in [6.07, 6.45) is 2.39. The van der Waals surface area contributed by atoms with Crippen LogP contribution in [0, 0.1) is 5.92 Å². The van der Waals surface area contributed by atoms with Crippen LogP contribution in [-0.2, 0) is 9.53 Å². The molecule has 0 radical (unpaired) electrons. The third kappa shape index (κ3) is 4.10. The number of rotatable bonds is 5. The molecule has 2 atom stereocenters. The van der Waals surface area contributed by atoms with Crippen molar-refractivity contribution in [3.05, 3.63) is 0 Å². The Kier molecular flexibility index (Phi) is 5.77. The number of ether oxygens (including phenoxy) is 1. The van der Waals surface area contributed by atoms with Gasteiger partial charge in [-0.2, -0.15) is 0 Å². The first-order chi connectivity index (χ1) is 7.69. The molecule has 1 fully saturated rings. The number of esters is 1. The number of carbonyl (C=O) groups is 1. The molecule has 4 heteroatoms. The van der Waals surface area contributed by atoms with Gasteiger partial charge in [-0.1, -0.05) is 13.3 Å². The predicted molar refractivity (Wildman–Crippen MR) is 64.3 cm³/mol. The largest absolute Gasteiger partial charge is 0.465 e. The molecule has 1 aliphatic rings. The summed E-state index contributed by atoms with van der Waals surface area (Å²) >= 11 is 0. The van der Waals surface area contributed by atoms with E-state index in [0.717, 1.165) is 13.1 Å². The SMILES string of the molecule is CCOC(=O)CN1CC(CC)CC(NC)C1. The van der Waals surface area contributed by atoms with Gasteiger partial charge in [0, 0.05) is 19.1 Å². The van der Waals surface area contributed by atoms with E-state index in [1.807, 2.05) is 14.0 Å². The van der Waals surface area contributed by atoms with Crippen LogP contribution in [0.3, 0.4) is 0 Å². The number of likely N-dealkylation sites (tertiary alicyclic amines) is 1. The van der Waals surface area contributed by atoms with Gasteiger partial charge in [0.05, 0.1) is 13.2 Å². The molecular formula is C12H24N2O2. The van der Waals surface area contributed by atoms with Gasteiger partial charge in [0.2, 0.25) is 0 Å². The van der Waals surface area contributed by atoms with Crippen LogP contribution in [0.25, 0.3) is 0 Å². The van der Waals surface area contributed by atoms with Gasteiger partial charge in [-0.05, 0) is 26.3 Å². The van der Waals surface area contributed by atoms with E-state index in [1.54, 1.807) is 0 Å². The Morgan fingerprint density at radius 1 is 1.44 bits per heavy atom. The van der Waals surface area contributed by atoms with Crippen molar-refractivity contribution in [3.63, 3.8) is 0 Å². The lowest BCUT2D eigenvalue weighted by Crippen LogP contribution is -2.49. The maximum atomic E-state index is 11.4. The topological polar surface area (TPSA) is 41.6 Å². The first-order valence-corrected chi connectivity index (χ1v) is 6.24. The highest BCUT2D eigenvalue weighted by atomic mass is 16.5. The van der Waals surface area contributed by atoms with Crippen molar-refractivity contribution in [1.29, 1.82) is 0 Å². The fourth-order valence-corrected chi connectivity index (χ4v) is 2.33. The van der Waals surface area contributed by atoms with E-state index in [-0.39, 0.29) is 5.97 Å². The number of hydrogen-bond acceptors (Lipinski definition) is 4. The summed E-state index contributed by atoms with van der Waals surface area (Å²) in [6, 6.07) is 0.508. The summed E-state index contributed by atoms with van der Waals surface area (Å²) in [5.74, 6) is 0.592. The van der Waals surface area contributed by atoms with Gasteiger partial charge in [0.15, 0.2) is 0 Å². The van der Waals surface area contributed by atoms with E-state index in [0.29, 0.717) is 25.1 Å². The zero-order valence-corrected chi connectivity index (χ0v) is 10.7.